The second-order valence-electron chi connectivity index (χ2n) is 4.63. The van der Waals surface area contributed by atoms with Crippen molar-refractivity contribution in [2.24, 2.45) is 0 Å². The lowest BCUT2D eigenvalue weighted by Gasteiger charge is -2.03. The number of hydrogen-bond donors (Lipinski definition) is 0. The van der Waals surface area contributed by atoms with Crippen molar-refractivity contribution in [3.63, 3.8) is 0 Å². The van der Waals surface area contributed by atoms with Crippen LogP contribution in [-0.4, -0.2) is 0 Å². The number of hydrogen-bond acceptors (Lipinski definition) is 0. The van der Waals surface area contributed by atoms with Crippen LogP contribution in [0, 0.1) is 19.2 Å². The topological polar surface area (TPSA) is 0 Å². The first-order valence-corrected chi connectivity index (χ1v) is 6.38. The molecular weight excluding hydrogens is 223 g/mol. The molecule has 2 aromatic rings. The number of rotatable bonds is 5. The van der Waals surface area contributed by atoms with Crippen molar-refractivity contribution in [3.05, 3.63) is 77.5 Å². The van der Waals surface area contributed by atoms with Gasteiger partial charge < -0.3 is 0 Å². The van der Waals surface area contributed by atoms with E-state index in [0.717, 1.165) is 19.3 Å². The van der Waals surface area contributed by atoms with Crippen molar-refractivity contribution in [2.45, 2.75) is 26.2 Å². The maximum Gasteiger partial charge on any atom is 0.123 e. The van der Waals surface area contributed by atoms with Gasteiger partial charge in [0.2, 0.25) is 0 Å². The summed E-state index contributed by atoms with van der Waals surface area (Å²) in [5.41, 5.74) is 3.77. The van der Waals surface area contributed by atoms with Crippen molar-refractivity contribution >= 4 is 0 Å². The molecule has 0 saturated heterocycles. The molecule has 0 bridgehead atoms. The Bertz CT molecular complexity index is 420. The van der Waals surface area contributed by atoms with Gasteiger partial charge in [-0.25, -0.2) is 4.39 Å². The largest absolute Gasteiger partial charge is 0.207 e. The van der Waals surface area contributed by atoms with Gasteiger partial charge in [-0.15, -0.1) is 0 Å². The van der Waals surface area contributed by atoms with Gasteiger partial charge in [-0.1, -0.05) is 42.0 Å². The van der Waals surface area contributed by atoms with Crippen molar-refractivity contribution in [1.82, 2.24) is 0 Å². The standard InChI is InChI=1S/C17H18F/c1-14-6-8-15(9-7-14)4-2-3-5-16-10-12-17(18)13-11-16/h4,6-13H,2-3,5H2,1H3. The van der Waals surface area contributed by atoms with Crippen LogP contribution in [0.5, 0.6) is 0 Å². The van der Waals surface area contributed by atoms with E-state index >= 15 is 0 Å². The lowest BCUT2D eigenvalue weighted by Crippen LogP contribution is -1.88. The van der Waals surface area contributed by atoms with E-state index in [4.69, 9.17) is 0 Å². The van der Waals surface area contributed by atoms with Crippen LogP contribution in [0.2, 0.25) is 0 Å². The third-order valence-corrected chi connectivity index (χ3v) is 3.04. The third-order valence-electron chi connectivity index (χ3n) is 3.04. The zero-order valence-electron chi connectivity index (χ0n) is 10.7. The summed E-state index contributed by atoms with van der Waals surface area (Å²) in [6, 6.07) is 15.3. The molecule has 0 saturated carbocycles. The number of unbranched alkanes of at least 4 members (excludes halogenated alkanes) is 1. The van der Waals surface area contributed by atoms with Crippen LogP contribution in [0.25, 0.3) is 0 Å². The van der Waals surface area contributed by atoms with Gasteiger partial charge >= 0.3 is 0 Å². The Balaban J connectivity index is 1.73. The molecule has 0 aliphatic carbocycles. The highest BCUT2D eigenvalue weighted by atomic mass is 19.1. The molecule has 0 aromatic heterocycles. The molecule has 18 heavy (non-hydrogen) atoms. The Morgan fingerprint density at radius 1 is 0.944 bits per heavy atom. The van der Waals surface area contributed by atoms with Gasteiger partial charge in [0.15, 0.2) is 0 Å². The minimum absolute atomic E-state index is 0.162. The molecule has 0 aliphatic heterocycles. The maximum atomic E-state index is 12.7. The summed E-state index contributed by atoms with van der Waals surface area (Å²) in [7, 11) is 0. The van der Waals surface area contributed by atoms with Gasteiger partial charge in [-0.2, -0.15) is 0 Å². The Morgan fingerprint density at radius 3 is 2.28 bits per heavy atom. The first-order chi connectivity index (χ1) is 8.74. The Labute approximate surface area is 108 Å². The molecule has 93 valence electrons. The van der Waals surface area contributed by atoms with E-state index in [0.29, 0.717) is 0 Å². The summed E-state index contributed by atoms with van der Waals surface area (Å²) in [5, 5.41) is 0. The summed E-state index contributed by atoms with van der Waals surface area (Å²) >= 11 is 0. The fourth-order valence-electron chi connectivity index (χ4n) is 1.93. The van der Waals surface area contributed by atoms with E-state index in [2.05, 4.69) is 37.6 Å². The molecule has 0 nitrogen and oxygen atoms in total. The fourth-order valence-corrected chi connectivity index (χ4v) is 1.93. The molecular formula is C17H18F. The van der Waals surface area contributed by atoms with E-state index in [-0.39, 0.29) is 5.82 Å². The van der Waals surface area contributed by atoms with Crippen LogP contribution in [-0.2, 0) is 6.42 Å². The Morgan fingerprint density at radius 2 is 1.61 bits per heavy atom. The molecule has 0 fully saturated rings. The average Bonchev–Trinajstić information content (AvgIpc) is 2.39. The van der Waals surface area contributed by atoms with Crippen LogP contribution >= 0.6 is 0 Å². The second kappa shape index (κ2) is 6.34. The lowest BCUT2D eigenvalue weighted by molar-refractivity contribution is 0.626. The van der Waals surface area contributed by atoms with Gasteiger partial charge in [0.05, 0.1) is 0 Å². The van der Waals surface area contributed by atoms with Crippen LogP contribution < -0.4 is 0 Å². The highest BCUT2D eigenvalue weighted by Crippen LogP contribution is 2.12. The van der Waals surface area contributed by atoms with Crippen molar-refractivity contribution in [1.29, 1.82) is 0 Å². The second-order valence-corrected chi connectivity index (χ2v) is 4.63. The third kappa shape index (κ3) is 3.99. The quantitative estimate of drug-likeness (QED) is 0.665. The van der Waals surface area contributed by atoms with Gasteiger partial charge in [-0.3, -0.25) is 0 Å². The molecule has 2 rings (SSSR count). The number of halogens is 1. The highest BCUT2D eigenvalue weighted by Gasteiger charge is 1.96. The van der Waals surface area contributed by atoms with Crippen LogP contribution in [0.4, 0.5) is 4.39 Å². The first kappa shape index (κ1) is 12.8. The van der Waals surface area contributed by atoms with Gasteiger partial charge in [0.25, 0.3) is 0 Å². The highest BCUT2D eigenvalue weighted by molar-refractivity contribution is 5.26. The summed E-state index contributed by atoms with van der Waals surface area (Å²) in [4.78, 5) is 0. The number of benzene rings is 2. The van der Waals surface area contributed by atoms with Crippen molar-refractivity contribution < 1.29 is 4.39 Å². The zero-order chi connectivity index (χ0) is 12.8. The Hall–Kier alpha value is -1.63. The van der Waals surface area contributed by atoms with Gasteiger partial charge in [0.1, 0.15) is 5.82 Å². The fraction of sp³-hybridized carbons (Fsp3) is 0.235. The van der Waals surface area contributed by atoms with Crippen molar-refractivity contribution in [3.8, 4) is 0 Å². The van der Waals surface area contributed by atoms with Crippen LogP contribution in [0.15, 0.2) is 48.5 Å². The normalized spacial score (nSPS) is 10.6. The van der Waals surface area contributed by atoms with Gasteiger partial charge in [0, 0.05) is 0 Å². The minimum Gasteiger partial charge on any atom is -0.207 e. The van der Waals surface area contributed by atoms with Crippen molar-refractivity contribution in [2.75, 3.05) is 0 Å². The molecule has 0 heterocycles. The SMILES string of the molecule is Cc1ccc([CH]CCCc2ccc(F)cc2)cc1. The summed E-state index contributed by atoms with van der Waals surface area (Å²) in [6.45, 7) is 2.10. The molecule has 0 spiro atoms. The minimum atomic E-state index is -0.162. The lowest BCUT2D eigenvalue weighted by atomic mass is 10.0. The van der Waals surface area contributed by atoms with Crippen LogP contribution in [0.1, 0.15) is 29.5 Å². The zero-order valence-corrected chi connectivity index (χ0v) is 10.7. The molecule has 0 amide bonds. The molecule has 0 atom stereocenters. The maximum absolute atomic E-state index is 12.7. The number of aryl methyl sites for hydroxylation is 2. The van der Waals surface area contributed by atoms with E-state index in [1.807, 2.05) is 12.1 Å². The first-order valence-electron chi connectivity index (χ1n) is 6.38. The predicted octanol–water partition coefficient (Wildman–Crippen LogP) is 4.71. The van der Waals surface area contributed by atoms with E-state index in [1.165, 1.54) is 28.8 Å². The molecule has 0 aliphatic rings. The average molecular weight is 241 g/mol. The molecule has 2 aromatic carbocycles. The Kier molecular flexibility index (Phi) is 4.52. The van der Waals surface area contributed by atoms with Gasteiger partial charge in [-0.05, 0) is 55.9 Å². The monoisotopic (exact) mass is 241 g/mol. The summed E-state index contributed by atoms with van der Waals surface area (Å²) in [5.74, 6) is -0.162. The predicted molar refractivity (Wildman–Crippen MR) is 73.9 cm³/mol. The van der Waals surface area contributed by atoms with Crippen LogP contribution in [0.3, 0.4) is 0 Å². The summed E-state index contributed by atoms with van der Waals surface area (Å²) in [6.07, 6.45) is 5.41. The summed E-state index contributed by atoms with van der Waals surface area (Å²) < 4.78 is 12.7. The molecule has 0 unspecified atom stereocenters. The van der Waals surface area contributed by atoms with E-state index < -0.39 is 0 Å². The molecule has 1 heteroatoms. The van der Waals surface area contributed by atoms with E-state index in [1.54, 1.807) is 0 Å². The van der Waals surface area contributed by atoms with E-state index in [9.17, 15) is 4.39 Å². The molecule has 0 N–H and O–H groups in total. The smallest absolute Gasteiger partial charge is 0.123 e. The molecule has 1 radical (unpaired) electrons.